The van der Waals surface area contributed by atoms with E-state index in [-0.39, 0.29) is 10.4 Å². The number of nitrogens with zero attached hydrogens (tertiary/aromatic N) is 3. The van der Waals surface area contributed by atoms with Gasteiger partial charge in [-0.3, -0.25) is 0 Å². The summed E-state index contributed by atoms with van der Waals surface area (Å²) in [4.78, 5) is 4.03. The minimum Gasteiger partial charge on any atom is -0.365 e. The third-order valence-electron chi connectivity index (χ3n) is 2.98. The first kappa shape index (κ1) is 11.9. The fraction of sp³-hybridized carbons (Fsp3) is 0.700. The topological polar surface area (TPSA) is 50.7 Å². The number of anilines is 1. The van der Waals surface area contributed by atoms with E-state index in [9.17, 15) is 0 Å². The molecule has 0 amide bonds. The van der Waals surface area contributed by atoms with Gasteiger partial charge in [-0.2, -0.15) is 4.98 Å². The Labute approximate surface area is 105 Å². The molecule has 0 radical (unpaired) electrons. The molecule has 4 nitrogen and oxygen atoms in total. The summed E-state index contributed by atoms with van der Waals surface area (Å²) in [5.41, 5.74) is 0. The second kappa shape index (κ2) is 5.15. The van der Waals surface area contributed by atoms with Gasteiger partial charge in [0.1, 0.15) is 0 Å². The molecule has 1 N–H and O–H groups in total. The van der Waals surface area contributed by atoms with Gasteiger partial charge >= 0.3 is 0 Å². The molecular formula is C10H14Cl2N4. The molecule has 0 saturated heterocycles. The second-order valence-corrected chi connectivity index (χ2v) is 5.02. The van der Waals surface area contributed by atoms with Gasteiger partial charge in [0.2, 0.25) is 5.28 Å². The SMILES string of the molecule is CC1CCC(Nc2nc(Cl)nnc2Cl)CC1. The van der Waals surface area contributed by atoms with Crippen LogP contribution in [0.3, 0.4) is 0 Å². The lowest BCUT2D eigenvalue weighted by Crippen LogP contribution is -2.26. The minimum atomic E-state index is 0.121. The molecule has 1 fully saturated rings. The molecule has 1 saturated carbocycles. The molecule has 0 bridgehead atoms. The van der Waals surface area contributed by atoms with Gasteiger partial charge in [-0.25, -0.2) is 0 Å². The Bertz CT molecular complexity index is 364. The molecule has 0 aromatic carbocycles. The van der Waals surface area contributed by atoms with Crippen molar-refractivity contribution >= 4 is 29.0 Å². The molecule has 16 heavy (non-hydrogen) atoms. The van der Waals surface area contributed by atoms with Crippen molar-refractivity contribution in [3.05, 3.63) is 10.4 Å². The highest BCUT2D eigenvalue weighted by Gasteiger charge is 2.19. The van der Waals surface area contributed by atoms with E-state index in [1.165, 1.54) is 12.8 Å². The van der Waals surface area contributed by atoms with Gasteiger partial charge in [-0.15, -0.1) is 10.2 Å². The van der Waals surface area contributed by atoms with Crippen molar-refractivity contribution in [2.75, 3.05) is 5.32 Å². The highest BCUT2D eigenvalue weighted by atomic mass is 35.5. The van der Waals surface area contributed by atoms with Gasteiger partial charge in [0.05, 0.1) is 0 Å². The largest absolute Gasteiger partial charge is 0.365 e. The van der Waals surface area contributed by atoms with Crippen LogP contribution in [0.25, 0.3) is 0 Å². The van der Waals surface area contributed by atoms with E-state index >= 15 is 0 Å². The Morgan fingerprint density at radius 2 is 1.81 bits per heavy atom. The minimum absolute atomic E-state index is 0.121. The predicted octanol–water partition coefficient (Wildman–Crippen LogP) is 3.17. The Kier molecular flexibility index (Phi) is 3.82. The van der Waals surface area contributed by atoms with Crippen molar-refractivity contribution in [2.45, 2.75) is 38.6 Å². The van der Waals surface area contributed by atoms with Gasteiger partial charge in [-0.05, 0) is 43.2 Å². The molecular weight excluding hydrogens is 247 g/mol. The summed E-state index contributed by atoms with van der Waals surface area (Å²) < 4.78 is 0. The fourth-order valence-electron chi connectivity index (χ4n) is 1.98. The zero-order chi connectivity index (χ0) is 11.5. The number of aromatic nitrogens is 3. The molecule has 0 atom stereocenters. The van der Waals surface area contributed by atoms with Crippen molar-refractivity contribution in [3.63, 3.8) is 0 Å². The summed E-state index contributed by atoms with van der Waals surface area (Å²) >= 11 is 11.6. The second-order valence-electron chi connectivity index (χ2n) is 4.32. The average Bonchev–Trinajstić information content (AvgIpc) is 2.27. The predicted molar refractivity (Wildman–Crippen MR) is 64.9 cm³/mol. The molecule has 1 aliphatic rings. The summed E-state index contributed by atoms with van der Waals surface area (Å²) in [6.07, 6.45) is 4.75. The van der Waals surface area contributed by atoms with Gasteiger partial charge < -0.3 is 5.32 Å². The van der Waals surface area contributed by atoms with Crippen molar-refractivity contribution < 1.29 is 0 Å². The highest BCUT2D eigenvalue weighted by Crippen LogP contribution is 2.27. The van der Waals surface area contributed by atoms with E-state index in [1.807, 2.05) is 0 Å². The van der Waals surface area contributed by atoms with E-state index in [0.29, 0.717) is 11.9 Å². The standard InChI is InChI=1S/C10H14Cl2N4/c1-6-2-4-7(5-3-6)13-9-8(11)15-16-10(12)14-9/h6-7H,2-5H2,1H3,(H,13,14,16). The van der Waals surface area contributed by atoms with Gasteiger partial charge in [0.15, 0.2) is 11.0 Å². The van der Waals surface area contributed by atoms with E-state index < -0.39 is 0 Å². The molecule has 1 aliphatic carbocycles. The molecule has 0 unspecified atom stereocenters. The zero-order valence-corrected chi connectivity index (χ0v) is 10.6. The van der Waals surface area contributed by atoms with Gasteiger partial charge in [0, 0.05) is 6.04 Å². The normalized spacial score (nSPS) is 25.4. The molecule has 2 rings (SSSR count). The van der Waals surface area contributed by atoms with Crippen LogP contribution in [0.4, 0.5) is 5.82 Å². The molecule has 0 spiro atoms. The smallest absolute Gasteiger partial charge is 0.245 e. The molecule has 88 valence electrons. The lowest BCUT2D eigenvalue weighted by Gasteiger charge is -2.27. The monoisotopic (exact) mass is 260 g/mol. The van der Waals surface area contributed by atoms with Crippen LogP contribution in [0, 0.1) is 5.92 Å². The summed E-state index contributed by atoms with van der Waals surface area (Å²) in [6.45, 7) is 2.28. The quantitative estimate of drug-likeness (QED) is 0.888. The Balaban J connectivity index is 2.00. The van der Waals surface area contributed by atoms with Crippen LogP contribution >= 0.6 is 23.2 Å². The van der Waals surface area contributed by atoms with Crippen LogP contribution in [-0.4, -0.2) is 21.2 Å². The van der Waals surface area contributed by atoms with Crippen LogP contribution < -0.4 is 5.32 Å². The third kappa shape index (κ3) is 2.95. The first-order chi connectivity index (χ1) is 7.65. The summed E-state index contributed by atoms with van der Waals surface area (Å²) in [5.74, 6) is 1.36. The summed E-state index contributed by atoms with van der Waals surface area (Å²) in [6, 6.07) is 0.418. The summed E-state index contributed by atoms with van der Waals surface area (Å²) in [7, 11) is 0. The molecule has 1 aromatic rings. The lowest BCUT2D eigenvalue weighted by atomic mass is 9.87. The molecule has 1 aromatic heterocycles. The maximum atomic E-state index is 5.89. The van der Waals surface area contributed by atoms with Crippen molar-refractivity contribution in [1.29, 1.82) is 0 Å². The summed E-state index contributed by atoms with van der Waals surface area (Å²) in [5, 5.41) is 11.0. The zero-order valence-electron chi connectivity index (χ0n) is 9.08. The number of hydrogen-bond acceptors (Lipinski definition) is 4. The van der Waals surface area contributed by atoms with Gasteiger partial charge in [0.25, 0.3) is 0 Å². The van der Waals surface area contributed by atoms with Gasteiger partial charge in [-0.1, -0.05) is 18.5 Å². The van der Waals surface area contributed by atoms with E-state index in [0.717, 1.165) is 18.8 Å². The fourth-order valence-corrected chi connectivity index (χ4v) is 2.24. The maximum Gasteiger partial charge on any atom is 0.245 e. The molecule has 0 aliphatic heterocycles. The van der Waals surface area contributed by atoms with Crippen LogP contribution in [0.5, 0.6) is 0 Å². The first-order valence-corrected chi connectivity index (χ1v) is 6.23. The van der Waals surface area contributed by atoms with E-state index in [2.05, 4.69) is 27.4 Å². The number of nitrogens with one attached hydrogen (secondary N) is 1. The Morgan fingerprint density at radius 3 is 2.50 bits per heavy atom. The third-order valence-corrected chi connectivity index (χ3v) is 3.39. The van der Waals surface area contributed by atoms with Crippen LogP contribution in [0.1, 0.15) is 32.6 Å². The van der Waals surface area contributed by atoms with Crippen LogP contribution in [0.15, 0.2) is 0 Å². The number of rotatable bonds is 2. The van der Waals surface area contributed by atoms with Crippen molar-refractivity contribution in [1.82, 2.24) is 15.2 Å². The highest BCUT2D eigenvalue weighted by molar-refractivity contribution is 6.32. The van der Waals surface area contributed by atoms with Crippen LogP contribution in [0.2, 0.25) is 10.4 Å². The average molecular weight is 261 g/mol. The Morgan fingerprint density at radius 1 is 1.12 bits per heavy atom. The first-order valence-electron chi connectivity index (χ1n) is 5.47. The Hall–Kier alpha value is -0.610. The molecule has 1 heterocycles. The van der Waals surface area contributed by atoms with Crippen molar-refractivity contribution in [2.24, 2.45) is 5.92 Å². The molecule has 6 heteroatoms. The van der Waals surface area contributed by atoms with E-state index in [1.54, 1.807) is 0 Å². The maximum absolute atomic E-state index is 5.89. The van der Waals surface area contributed by atoms with E-state index in [4.69, 9.17) is 23.2 Å². The van der Waals surface area contributed by atoms with Crippen LogP contribution in [-0.2, 0) is 0 Å². The number of halogens is 2. The lowest BCUT2D eigenvalue weighted by molar-refractivity contribution is 0.360. The van der Waals surface area contributed by atoms with Crippen molar-refractivity contribution in [3.8, 4) is 0 Å². The number of hydrogen-bond donors (Lipinski definition) is 1.